The number of rotatable bonds is 9. The number of nitrogens with one attached hydrogen (secondary N) is 1. The molecule has 0 bridgehead atoms. The van der Waals surface area contributed by atoms with E-state index in [1.165, 1.54) is 6.92 Å². The van der Waals surface area contributed by atoms with Gasteiger partial charge in [0, 0.05) is 50.0 Å². The average Bonchev–Trinajstić information content (AvgIpc) is 2.70. The summed E-state index contributed by atoms with van der Waals surface area (Å²) in [5.41, 5.74) is 2.62. The third-order valence-electron chi connectivity index (χ3n) is 4.61. The second kappa shape index (κ2) is 10.3. The van der Waals surface area contributed by atoms with Gasteiger partial charge in [-0.15, -0.1) is 0 Å². The standard InChI is InChI=1S/C22H29N3O3/c1-5-24(6-2)19-9-7-18(8-10-19)23-22(27)15-16-25(17(3)26)20-11-13-21(28-4)14-12-20/h7-14H,5-6,15-16H2,1-4H3,(H,23,27). The summed E-state index contributed by atoms with van der Waals surface area (Å²) in [7, 11) is 1.59. The lowest BCUT2D eigenvalue weighted by Gasteiger charge is -2.22. The molecule has 2 aromatic rings. The smallest absolute Gasteiger partial charge is 0.226 e. The fraction of sp³-hybridized carbons (Fsp3) is 0.364. The van der Waals surface area contributed by atoms with Gasteiger partial charge in [-0.3, -0.25) is 9.59 Å². The molecule has 2 aromatic carbocycles. The van der Waals surface area contributed by atoms with Gasteiger partial charge in [-0.2, -0.15) is 0 Å². The molecule has 0 aliphatic heterocycles. The molecule has 28 heavy (non-hydrogen) atoms. The molecule has 0 aliphatic carbocycles. The van der Waals surface area contributed by atoms with Crippen LogP contribution in [0.2, 0.25) is 0 Å². The number of amides is 2. The van der Waals surface area contributed by atoms with Crippen LogP contribution in [0.3, 0.4) is 0 Å². The number of nitrogens with zero attached hydrogens (tertiary/aromatic N) is 2. The van der Waals surface area contributed by atoms with Gasteiger partial charge in [-0.05, 0) is 62.4 Å². The molecule has 0 aliphatic rings. The summed E-state index contributed by atoms with van der Waals surface area (Å²) in [5, 5.41) is 2.89. The van der Waals surface area contributed by atoms with E-state index in [0.29, 0.717) is 6.54 Å². The van der Waals surface area contributed by atoms with Gasteiger partial charge in [-0.1, -0.05) is 0 Å². The Morgan fingerprint density at radius 2 is 1.50 bits per heavy atom. The van der Waals surface area contributed by atoms with Gasteiger partial charge in [0.15, 0.2) is 0 Å². The van der Waals surface area contributed by atoms with E-state index in [1.54, 1.807) is 24.1 Å². The Bertz CT molecular complexity index is 769. The molecule has 0 saturated heterocycles. The minimum Gasteiger partial charge on any atom is -0.497 e. The number of hydrogen-bond acceptors (Lipinski definition) is 4. The number of carbonyl (C=O) groups excluding carboxylic acids is 2. The molecule has 150 valence electrons. The first kappa shape index (κ1) is 21.3. The zero-order chi connectivity index (χ0) is 20.5. The summed E-state index contributed by atoms with van der Waals surface area (Å²) < 4.78 is 5.14. The Labute approximate surface area is 167 Å². The maximum atomic E-state index is 12.3. The second-order valence-corrected chi connectivity index (χ2v) is 6.39. The lowest BCUT2D eigenvalue weighted by atomic mass is 10.2. The zero-order valence-electron chi connectivity index (χ0n) is 17.1. The first-order chi connectivity index (χ1) is 13.5. The number of benzene rings is 2. The van der Waals surface area contributed by atoms with Crippen molar-refractivity contribution < 1.29 is 14.3 Å². The molecule has 1 N–H and O–H groups in total. The quantitative estimate of drug-likeness (QED) is 0.713. The normalized spacial score (nSPS) is 10.3. The Kier molecular flexibility index (Phi) is 7.87. The fourth-order valence-corrected chi connectivity index (χ4v) is 3.01. The molecule has 0 spiro atoms. The number of hydrogen-bond donors (Lipinski definition) is 1. The SMILES string of the molecule is CCN(CC)c1ccc(NC(=O)CCN(C(C)=O)c2ccc(OC)cc2)cc1. The van der Waals surface area contributed by atoms with Crippen LogP contribution in [0.25, 0.3) is 0 Å². The van der Waals surface area contributed by atoms with Gasteiger partial charge < -0.3 is 19.9 Å². The lowest BCUT2D eigenvalue weighted by molar-refractivity contribution is -0.117. The minimum absolute atomic E-state index is 0.110. The summed E-state index contributed by atoms with van der Waals surface area (Å²) in [6, 6.07) is 15.0. The van der Waals surface area contributed by atoms with Crippen molar-refractivity contribution in [2.45, 2.75) is 27.2 Å². The van der Waals surface area contributed by atoms with Crippen LogP contribution in [0.4, 0.5) is 17.1 Å². The van der Waals surface area contributed by atoms with Gasteiger partial charge in [0.05, 0.1) is 7.11 Å². The largest absolute Gasteiger partial charge is 0.497 e. The number of anilines is 3. The monoisotopic (exact) mass is 383 g/mol. The first-order valence-electron chi connectivity index (χ1n) is 9.55. The van der Waals surface area contributed by atoms with E-state index in [9.17, 15) is 9.59 Å². The van der Waals surface area contributed by atoms with E-state index >= 15 is 0 Å². The van der Waals surface area contributed by atoms with Crippen molar-refractivity contribution in [1.82, 2.24) is 0 Å². The van der Waals surface area contributed by atoms with E-state index in [-0.39, 0.29) is 18.2 Å². The molecule has 0 atom stereocenters. The molecule has 0 aromatic heterocycles. The topological polar surface area (TPSA) is 61.9 Å². The highest BCUT2D eigenvalue weighted by Crippen LogP contribution is 2.20. The van der Waals surface area contributed by atoms with Crippen molar-refractivity contribution in [3.05, 3.63) is 48.5 Å². The van der Waals surface area contributed by atoms with Crippen molar-refractivity contribution in [3.8, 4) is 5.75 Å². The maximum absolute atomic E-state index is 12.3. The van der Waals surface area contributed by atoms with Gasteiger partial charge in [0.1, 0.15) is 5.75 Å². The van der Waals surface area contributed by atoms with Crippen LogP contribution < -0.4 is 19.9 Å². The van der Waals surface area contributed by atoms with E-state index in [2.05, 4.69) is 24.1 Å². The molecule has 2 rings (SSSR count). The third kappa shape index (κ3) is 5.74. The number of carbonyl (C=O) groups is 2. The Morgan fingerprint density at radius 1 is 0.929 bits per heavy atom. The van der Waals surface area contributed by atoms with Crippen LogP contribution in [0.1, 0.15) is 27.2 Å². The van der Waals surface area contributed by atoms with Gasteiger partial charge in [-0.25, -0.2) is 0 Å². The van der Waals surface area contributed by atoms with Crippen molar-refractivity contribution in [3.63, 3.8) is 0 Å². The predicted octanol–water partition coefficient (Wildman–Crippen LogP) is 3.92. The number of ether oxygens (including phenoxy) is 1. The van der Waals surface area contributed by atoms with Crippen LogP contribution in [0.5, 0.6) is 5.75 Å². The maximum Gasteiger partial charge on any atom is 0.226 e. The Balaban J connectivity index is 1.94. The first-order valence-corrected chi connectivity index (χ1v) is 9.55. The van der Waals surface area contributed by atoms with Crippen LogP contribution in [-0.2, 0) is 9.59 Å². The van der Waals surface area contributed by atoms with Gasteiger partial charge in [0.25, 0.3) is 0 Å². The average molecular weight is 383 g/mol. The second-order valence-electron chi connectivity index (χ2n) is 6.39. The molecular formula is C22H29N3O3. The van der Waals surface area contributed by atoms with Crippen LogP contribution in [-0.4, -0.2) is 38.6 Å². The van der Waals surface area contributed by atoms with E-state index in [0.717, 1.165) is 35.9 Å². The van der Waals surface area contributed by atoms with Crippen molar-refractivity contribution in [1.29, 1.82) is 0 Å². The number of methoxy groups -OCH3 is 1. The molecule has 0 radical (unpaired) electrons. The van der Waals surface area contributed by atoms with E-state index in [4.69, 9.17) is 4.74 Å². The molecule has 2 amide bonds. The van der Waals surface area contributed by atoms with Gasteiger partial charge in [0.2, 0.25) is 11.8 Å². The zero-order valence-corrected chi connectivity index (χ0v) is 17.1. The summed E-state index contributed by atoms with van der Waals surface area (Å²) in [4.78, 5) is 28.1. The highest BCUT2D eigenvalue weighted by atomic mass is 16.5. The summed E-state index contributed by atoms with van der Waals surface area (Å²) in [6.07, 6.45) is 0.212. The van der Waals surface area contributed by atoms with Crippen molar-refractivity contribution >= 4 is 28.9 Å². The summed E-state index contributed by atoms with van der Waals surface area (Å²) in [6.45, 7) is 7.91. The van der Waals surface area contributed by atoms with Crippen LogP contribution in [0, 0.1) is 0 Å². The van der Waals surface area contributed by atoms with Crippen molar-refractivity contribution in [2.24, 2.45) is 0 Å². The Morgan fingerprint density at radius 3 is 2.00 bits per heavy atom. The lowest BCUT2D eigenvalue weighted by Crippen LogP contribution is -2.31. The summed E-state index contributed by atoms with van der Waals surface area (Å²) >= 11 is 0. The van der Waals surface area contributed by atoms with Crippen LogP contribution >= 0.6 is 0 Å². The fourth-order valence-electron chi connectivity index (χ4n) is 3.01. The van der Waals surface area contributed by atoms with Gasteiger partial charge >= 0.3 is 0 Å². The molecule has 6 nitrogen and oxygen atoms in total. The third-order valence-corrected chi connectivity index (χ3v) is 4.61. The predicted molar refractivity (Wildman–Crippen MR) is 114 cm³/mol. The minimum atomic E-state index is -0.129. The molecule has 0 unspecified atom stereocenters. The highest BCUT2D eigenvalue weighted by Gasteiger charge is 2.14. The van der Waals surface area contributed by atoms with E-state index < -0.39 is 0 Å². The Hall–Kier alpha value is -3.02. The highest BCUT2D eigenvalue weighted by molar-refractivity contribution is 5.94. The molecule has 0 saturated carbocycles. The van der Waals surface area contributed by atoms with E-state index in [1.807, 2.05) is 36.4 Å². The molecule has 6 heteroatoms. The van der Waals surface area contributed by atoms with Crippen molar-refractivity contribution in [2.75, 3.05) is 41.9 Å². The van der Waals surface area contributed by atoms with Crippen LogP contribution in [0.15, 0.2) is 48.5 Å². The molecule has 0 heterocycles. The summed E-state index contributed by atoms with van der Waals surface area (Å²) in [5.74, 6) is 0.482. The molecular weight excluding hydrogens is 354 g/mol. The molecule has 0 fully saturated rings.